The maximum absolute atomic E-state index is 13.1. The number of hydrogen-bond acceptors (Lipinski definition) is 3. The molecule has 0 heterocycles. The Balaban J connectivity index is 2.52. The third-order valence-corrected chi connectivity index (χ3v) is 5.54. The van der Waals surface area contributed by atoms with Crippen molar-refractivity contribution in [2.45, 2.75) is 24.8 Å². The number of hydrogen-bond donors (Lipinski definition) is 0. The predicted octanol–water partition coefficient (Wildman–Crippen LogP) is 3.77. The second-order valence-electron chi connectivity index (χ2n) is 5.29. The van der Waals surface area contributed by atoms with E-state index in [0.717, 1.165) is 5.56 Å². The molecule has 0 aliphatic carbocycles. The standard InChI is InChI=1S/C18H21NO3S/c1-5-15(3)19(16-8-6-14(2)7-9-16)23(20,21)18-12-10-17(22-4)11-13-18/h5-13,15H,1H2,2-4H3. The molecular formula is C18H21NO3S. The highest BCUT2D eigenvalue weighted by Crippen LogP contribution is 2.27. The molecule has 1 atom stereocenters. The molecule has 1 unspecified atom stereocenters. The van der Waals surface area contributed by atoms with E-state index in [4.69, 9.17) is 4.74 Å². The highest BCUT2D eigenvalue weighted by Gasteiger charge is 2.28. The molecule has 0 aromatic heterocycles. The first-order chi connectivity index (χ1) is 10.9. The lowest BCUT2D eigenvalue weighted by Crippen LogP contribution is -2.37. The van der Waals surface area contributed by atoms with Crippen molar-refractivity contribution in [2.24, 2.45) is 0 Å². The summed E-state index contributed by atoms with van der Waals surface area (Å²) in [5, 5.41) is 0. The lowest BCUT2D eigenvalue weighted by Gasteiger charge is -2.28. The number of nitrogens with zero attached hydrogens (tertiary/aromatic N) is 1. The normalized spacial score (nSPS) is 12.5. The zero-order chi connectivity index (χ0) is 17.0. The topological polar surface area (TPSA) is 46.6 Å². The lowest BCUT2D eigenvalue weighted by atomic mass is 10.2. The van der Waals surface area contributed by atoms with Crippen LogP contribution in [0.2, 0.25) is 0 Å². The molecule has 2 aromatic carbocycles. The molecule has 0 fully saturated rings. The van der Waals surface area contributed by atoms with E-state index < -0.39 is 10.0 Å². The Kier molecular flexibility index (Phi) is 5.11. The Morgan fingerprint density at radius 2 is 1.65 bits per heavy atom. The number of anilines is 1. The maximum atomic E-state index is 13.1. The second kappa shape index (κ2) is 6.87. The van der Waals surface area contributed by atoms with Gasteiger partial charge in [0.25, 0.3) is 10.0 Å². The fourth-order valence-electron chi connectivity index (χ4n) is 2.24. The summed E-state index contributed by atoms with van der Waals surface area (Å²) in [6, 6.07) is 13.4. The van der Waals surface area contributed by atoms with Gasteiger partial charge in [-0.15, -0.1) is 6.58 Å². The summed E-state index contributed by atoms with van der Waals surface area (Å²) >= 11 is 0. The minimum atomic E-state index is -3.70. The molecule has 0 N–H and O–H groups in total. The first-order valence-electron chi connectivity index (χ1n) is 7.28. The predicted molar refractivity (Wildman–Crippen MR) is 93.5 cm³/mol. The van der Waals surface area contributed by atoms with E-state index in [0.29, 0.717) is 11.4 Å². The summed E-state index contributed by atoms with van der Waals surface area (Å²) in [6.45, 7) is 7.49. The molecule has 0 amide bonds. The molecule has 23 heavy (non-hydrogen) atoms. The fourth-order valence-corrected chi connectivity index (χ4v) is 3.87. The Labute approximate surface area is 138 Å². The van der Waals surface area contributed by atoms with Gasteiger partial charge >= 0.3 is 0 Å². The lowest BCUT2D eigenvalue weighted by molar-refractivity contribution is 0.414. The van der Waals surface area contributed by atoms with Gasteiger partial charge < -0.3 is 4.74 Å². The first kappa shape index (κ1) is 17.1. The van der Waals surface area contributed by atoms with Crippen molar-refractivity contribution in [3.63, 3.8) is 0 Å². The molecule has 0 aliphatic rings. The van der Waals surface area contributed by atoms with E-state index in [9.17, 15) is 8.42 Å². The van der Waals surface area contributed by atoms with Gasteiger partial charge in [-0.05, 0) is 50.2 Å². The molecule has 0 aliphatic heterocycles. The van der Waals surface area contributed by atoms with Gasteiger partial charge in [0.15, 0.2) is 0 Å². The molecule has 2 rings (SSSR count). The van der Waals surface area contributed by atoms with Crippen molar-refractivity contribution >= 4 is 15.7 Å². The maximum Gasteiger partial charge on any atom is 0.264 e. The van der Waals surface area contributed by atoms with Crippen LogP contribution in [-0.2, 0) is 10.0 Å². The van der Waals surface area contributed by atoms with E-state index in [-0.39, 0.29) is 10.9 Å². The summed E-state index contributed by atoms with van der Waals surface area (Å²) in [4.78, 5) is 0.215. The number of rotatable bonds is 6. The minimum absolute atomic E-state index is 0.215. The van der Waals surface area contributed by atoms with Gasteiger partial charge in [0.05, 0.1) is 23.7 Å². The zero-order valence-corrected chi connectivity index (χ0v) is 14.4. The Morgan fingerprint density at radius 1 is 1.09 bits per heavy atom. The van der Waals surface area contributed by atoms with Crippen LogP contribution >= 0.6 is 0 Å². The van der Waals surface area contributed by atoms with Gasteiger partial charge in [0.1, 0.15) is 5.75 Å². The zero-order valence-electron chi connectivity index (χ0n) is 13.6. The van der Waals surface area contributed by atoms with Gasteiger partial charge in [0.2, 0.25) is 0 Å². The van der Waals surface area contributed by atoms with E-state index in [1.807, 2.05) is 19.1 Å². The molecule has 5 heteroatoms. The van der Waals surface area contributed by atoms with Crippen LogP contribution in [0.15, 0.2) is 66.1 Å². The highest BCUT2D eigenvalue weighted by molar-refractivity contribution is 7.92. The third kappa shape index (κ3) is 3.56. The second-order valence-corrected chi connectivity index (χ2v) is 7.10. The van der Waals surface area contributed by atoms with Crippen molar-refractivity contribution in [2.75, 3.05) is 11.4 Å². The molecule has 0 bridgehead atoms. The van der Waals surface area contributed by atoms with E-state index in [1.165, 1.54) is 4.31 Å². The first-order valence-corrected chi connectivity index (χ1v) is 8.72. The molecule has 0 saturated carbocycles. The Hall–Kier alpha value is -2.27. The van der Waals surface area contributed by atoms with E-state index >= 15 is 0 Å². The van der Waals surface area contributed by atoms with Crippen LogP contribution < -0.4 is 9.04 Å². The molecule has 2 aromatic rings. The summed E-state index contributed by atoms with van der Waals surface area (Å²) in [6.07, 6.45) is 1.61. The fraction of sp³-hybridized carbons (Fsp3) is 0.222. The van der Waals surface area contributed by atoms with Gasteiger partial charge in [-0.1, -0.05) is 23.8 Å². The Morgan fingerprint density at radius 3 is 2.13 bits per heavy atom. The molecule has 0 radical (unpaired) electrons. The summed E-state index contributed by atoms with van der Waals surface area (Å²) < 4.78 is 32.6. The van der Waals surface area contributed by atoms with Crippen LogP contribution in [0, 0.1) is 6.92 Å². The number of aryl methyl sites for hydroxylation is 1. The number of methoxy groups -OCH3 is 1. The number of ether oxygens (including phenoxy) is 1. The largest absolute Gasteiger partial charge is 0.497 e. The van der Waals surface area contributed by atoms with Gasteiger partial charge in [-0.2, -0.15) is 0 Å². The SMILES string of the molecule is C=CC(C)N(c1ccc(C)cc1)S(=O)(=O)c1ccc(OC)cc1. The van der Waals surface area contributed by atoms with Crippen molar-refractivity contribution < 1.29 is 13.2 Å². The molecule has 0 saturated heterocycles. The summed E-state index contributed by atoms with van der Waals surface area (Å²) in [7, 11) is -2.15. The smallest absolute Gasteiger partial charge is 0.264 e. The van der Waals surface area contributed by atoms with Crippen LogP contribution in [-0.4, -0.2) is 21.6 Å². The molecule has 4 nitrogen and oxygen atoms in total. The van der Waals surface area contributed by atoms with Crippen LogP contribution in [0.25, 0.3) is 0 Å². The van der Waals surface area contributed by atoms with Crippen LogP contribution in [0.1, 0.15) is 12.5 Å². The third-order valence-electron chi connectivity index (χ3n) is 3.62. The van der Waals surface area contributed by atoms with Crippen LogP contribution in [0.4, 0.5) is 5.69 Å². The van der Waals surface area contributed by atoms with Crippen molar-refractivity contribution in [3.05, 3.63) is 66.7 Å². The monoisotopic (exact) mass is 331 g/mol. The number of sulfonamides is 1. The molecule has 0 spiro atoms. The average Bonchev–Trinajstić information content (AvgIpc) is 2.56. The van der Waals surface area contributed by atoms with Crippen molar-refractivity contribution in [3.8, 4) is 5.75 Å². The molecular weight excluding hydrogens is 310 g/mol. The number of benzene rings is 2. The quantitative estimate of drug-likeness (QED) is 0.757. The van der Waals surface area contributed by atoms with Crippen molar-refractivity contribution in [1.29, 1.82) is 0 Å². The van der Waals surface area contributed by atoms with E-state index in [1.54, 1.807) is 56.5 Å². The van der Waals surface area contributed by atoms with Crippen molar-refractivity contribution in [1.82, 2.24) is 0 Å². The van der Waals surface area contributed by atoms with Crippen LogP contribution in [0.3, 0.4) is 0 Å². The van der Waals surface area contributed by atoms with E-state index in [2.05, 4.69) is 6.58 Å². The minimum Gasteiger partial charge on any atom is -0.497 e. The highest BCUT2D eigenvalue weighted by atomic mass is 32.2. The van der Waals surface area contributed by atoms with Gasteiger partial charge in [-0.25, -0.2) is 8.42 Å². The molecule has 122 valence electrons. The summed E-state index contributed by atoms with van der Waals surface area (Å²) in [5.74, 6) is 0.614. The van der Waals surface area contributed by atoms with Gasteiger partial charge in [0, 0.05) is 0 Å². The van der Waals surface area contributed by atoms with Gasteiger partial charge in [-0.3, -0.25) is 4.31 Å². The summed E-state index contributed by atoms with van der Waals surface area (Å²) in [5.41, 5.74) is 1.68. The van der Waals surface area contributed by atoms with Crippen LogP contribution in [0.5, 0.6) is 5.75 Å². The average molecular weight is 331 g/mol. The Bertz CT molecular complexity index is 765.